The molecule has 1 aliphatic carbocycles. The molecule has 0 bridgehead atoms. The number of rotatable bonds is 7. The normalized spacial score (nSPS) is 16.3. The maximum Gasteiger partial charge on any atom is 0.0414 e. The Bertz CT molecular complexity index is 655. The molecule has 0 radical (unpaired) electrons. The van der Waals surface area contributed by atoms with Crippen molar-refractivity contribution in [1.29, 1.82) is 0 Å². The molecule has 25 heavy (non-hydrogen) atoms. The van der Waals surface area contributed by atoms with Gasteiger partial charge in [0.2, 0.25) is 0 Å². The molecular weight excluding hydrogens is 328 g/mol. The van der Waals surface area contributed by atoms with E-state index in [2.05, 4.69) is 42.6 Å². The summed E-state index contributed by atoms with van der Waals surface area (Å²) in [6.45, 7) is 3.83. The van der Waals surface area contributed by atoms with Gasteiger partial charge in [0.15, 0.2) is 0 Å². The maximum absolute atomic E-state index is 6.19. The molecule has 1 aliphatic rings. The van der Waals surface area contributed by atoms with Crippen molar-refractivity contribution < 1.29 is 0 Å². The smallest absolute Gasteiger partial charge is 0.0414 e. The first-order valence-corrected chi connectivity index (χ1v) is 9.84. The Kier molecular flexibility index (Phi) is 6.52. The molecule has 0 heterocycles. The minimum Gasteiger partial charge on any atom is -0.330 e. The minimum absolute atomic E-state index is 0.420. The van der Waals surface area contributed by atoms with E-state index in [1.165, 1.54) is 47.9 Å². The van der Waals surface area contributed by atoms with E-state index in [0.717, 1.165) is 24.0 Å². The van der Waals surface area contributed by atoms with Crippen LogP contribution in [0.4, 0.5) is 0 Å². The summed E-state index contributed by atoms with van der Waals surface area (Å²) in [6, 6.07) is 15.7. The lowest BCUT2D eigenvalue weighted by molar-refractivity contribution is 0.490. The number of hydrogen-bond donors (Lipinski definition) is 2. The molecule has 0 saturated heterocycles. The fraction of sp³-hybridized carbons (Fsp3) is 0.455. The van der Waals surface area contributed by atoms with Crippen LogP contribution in [0.3, 0.4) is 0 Å². The molecule has 1 unspecified atom stereocenters. The van der Waals surface area contributed by atoms with Crippen molar-refractivity contribution in [2.75, 3.05) is 13.1 Å². The molecule has 3 heteroatoms. The molecule has 0 aromatic heterocycles. The maximum atomic E-state index is 6.19. The Labute approximate surface area is 156 Å². The third kappa shape index (κ3) is 5.07. The van der Waals surface area contributed by atoms with Gasteiger partial charge in [-0.2, -0.15) is 0 Å². The minimum atomic E-state index is 0.420. The van der Waals surface area contributed by atoms with Crippen LogP contribution >= 0.6 is 11.6 Å². The molecule has 2 aromatic carbocycles. The van der Waals surface area contributed by atoms with Crippen LogP contribution in [0.5, 0.6) is 0 Å². The number of benzene rings is 2. The highest BCUT2D eigenvalue weighted by Gasteiger charge is 2.15. The monoisotopic (exact) mass is 356 g/mol. The molecule has 0 amide bonds. The van der Waals surface area contributed by atoms with E-state index in [1.807, 2.05) is 12.1 Å². The van der Waals surface area contributed by atoms with Gasteiger partial charge in [0.05, 0.1) is 0 Å². The Morgan fingerprint density at radius 1 is 1.08 bits per heavy atom. The first-order valence-electron chi connectivity index (χ1n) is 9.46. The van der Waals surface area contributed by atoms with Crippen LogP contribution < -0.4 is 11.1 Å². The lowest BCUT2D eigenvalue weighted by Gasteiger charge is -2.18. The molecule has 1 saturated carbocycles. The summed E-state index contributed by atoms with van der Waals surface area (Å²) in [6.07, 6.45) is 6.52. The van der Waals surface area contributed by atoms with E-state index in [1.54, 1.807) is 0 Å². The Morgan fingerprint density at radius 3 is 2.44 bits per heavy atom. The number of hydrogen-bond acceptors (Lipinski definition) is 2. The van der Waals surface area contributed by atoms with Gasteiger partial charge in [0, 0.05) is 11.1 Å². The second-order valence-electron chi connectivity index (χ2n) is 7.30. The highest BCUT2D eigenvalue weighted by molar-refractivity contribution is 6.30. The second kappa shape index (κ2) is 8.84. The van der Waals surface area contributed by atoms with Gasteiger partial charge >= 0.3 is 0 Å². The van der Waals surface area contributed by atoms with Crippen molar-refractivity contribution in [3.8, 4) is 11.1 Å². The second-order valence-corrected chi connectivity index (χ2v) is 7.73. The highest BCUT2D eigenvalue weighted by atomic mass is 35.5. The summed E-state index contributed by atoms with van der Waals surface area (Å²) in [5, 5.41) is 4.48. The predicted octanol–water partition coefficient (Wildman–Crippen LogP) is 5.28. The number of nitrogens with two attached hydrogens (primary N) is 1. The molecule has 0 aliphatic heterocycles. The van der Waals surface area contributed by atoms with Crippen molar-refractivity contribution in [2.45, 2.75) is 51.0 Å². The molecule has 0 spiro atoms. The third-order valence-corrected chi connectivity index (χ3v) is 5.54. The average molecular weight is 357 g/mol. The van der Waals surface area contributed by atoms with Gasteiger partial charge < -0.3 is 11.1 Å². The highest BCUT2D eigenvalue weighted by Crippen LogP contribution is 2.27. The quantitative estimate of drug-likeness (QED) is 0.708. The summed E-state index contributed by atoms with van der Waals surface area (Å²) in [7, 11) is 0. The van der Waals surface area contributed by atoms with Crippen molar-refractivity contribution in [3.05, 3.63) is 58.6 Å². The molecule has 3 rings (SSSR count). The van der Waals surface area contributed by atoms with Crippen LogP contribution in [-0.4, -0.2) is 19.1 Å². The van der Waals surface area contributed by atoms with E-state index < -0.39 is 0 Å². The van der Waals surface area contributed by atoms with Gasteiger partial charge in [-0.25, -0.2) is 0 Å². The lowest BCUT2D eigenvalue weighted by atomic mass is 9.93. The van der Waals surface area contributed by atoms with E-state index >= 15 is 0 Å². The van der Waals surface area contributed by atoms with Crippen LogP contribution in [0, 0.1) is 6.92 Å². The Balaban J connectivity index is 1.62. The van der Waals surface area contributed by atoms with Crippen molar-refractivity contribution >= 4 is 11.6 Å². The Morgan fingerprint density at radius 2 is 1.80 bits per heavy atom. The van der Waals surface area contributed by atoms with Gasteiger partial charge in [-0.05, 0) is 79.6 Å². The summed E-state index contributed by atoms with van der Waals surface area (Å²) in [5.41, 5.74) is 10.9. The van der Waals surface area contributed by atoms with Gasteiger partial charge in [-0.3, -0.25) is 0 Å². The lowest BCUT2D eigenvalue weighted by Crippen LogP contribution is -2.29. The molecule has 2 nitrogen and oxygen atoms in total. The zero-order valence-corrected chi connectivity index (χ0v) is 15.9. The van der Waals surface area contributed by atoms with Crippen molar-refractivity contribution in [3.63, 3.8) is 0 Å². The van der Waals surface area contributed by atoms with E-state index in [-0.39, 0.29) is 0 Å². The molecule has 1 atom stereocenters. The van der Waals surface area contributed by atoms with Crippen LogP contribution in [0.25, 0.3) is 11.1 Å². The number of nitrogens with one attached hydrogen (secondary N) is 1. The van der Waals surface area contributed by atoms with Crippen LogP contribution in [0.15, 0.2) is 42.5 Å². The molecule has 2 aromatic rings. The average Bonchev–Trinajstić information content (AvgIpc) is 3.11. The number of aryl methyl sites for hydroxylation is 1. The van der Waals surface area contributed by atoms with Crippen LogP contribution in [-0.2, 0) is 0 Å². The van der Waals surface area contributed by atoms with Crippen molar-refractivity contribution in [1.82, 2.24) is 5.32 Å². The van der Waals surface area contributed by atoms with Gasteiger partial charge in [0.25, 0.3) is 0 Å². The Hall–Kier alpha value is -1.35. The van der Waals surface area contributed by atoms with Crippen LogP contribution in [0.1, 0.15) is 49.1 Å². The van der Waals surface area contributed by atoms with E-state index in [9.17, 15) is 0 Å². The molecule has 3 N–H and O–H groups in total. The zero-order chi connectivity index (χ0) is 17.6. The number of halogens is 1. The molecule has 1 fully saturated rings. The predicted molar refractivity (Wildman–Crippen MR) is 108 cm³/mol. The zero-order valence-electron chi connectivity index (χ0n) is 15.1. The molecular formula is C22H29ClN2. The largest absolute Gasteiger partial charge is 0.330 e. The summed E-state index contributed by atoms with van der Waals surface area (Å²) >= 11 is 6.19. The van der Waals surface area contributed by atoms with Crippen molar-refractivity contribution in [2.24, 2.45) is 5.73 Å². The van der Waals surface area contributed by atoms with Gasteiger partial charge in [-0.1, -0.05) is 54.8 Å². The third-order valence-electron chi connectivity index (χ3n) is 5.32. The first kappa shape index (κ1) is 18.4. The summed E-state index contributed by atoms with van der Waals surface area (Å²) in [5.74, 6) is 0.420. The SMILES string of the molecule is Cc1cc(Cl)cc(-c2ccc(C(CN)CCNC3CCCC3)cc2)c1. The molecule has 134 valence electrons. The van der Waals surface area contributed by atoms with E-state index in [4.69, 9.17) is 17.3 Å². The van der Waals surface area contributed by atoms with E-state index in [0.29, 0.717) is 12.5 Å². The standard InChI is InChI=1S/C22H29ClN2/c1-16-12-20(14-21(23)13-16)18-8-6-17(7-9-18)19(15-24)10-11-25-22-4-2-3-5-22/h6-9,12-14,19,22,25H,2-5,10-11,15,24H2,1H3. The fourth-order valence-electron chi connectivity index (χ4n) is 3.86. The van der Waals surface area contributed by atoms with Gasteiger partial charge in [-0.15, -0.1) is 0 Å². The van der Waals surface area contributed by atoms with Gasteiger partial charge in [0.1, 0.15) is 0 Å². The van der Waals surface area contributed by atoms with Crippen LogP contribution in [0.2, 0.25) is 5.02 Å². The fourth-order valence-corrected chi connectivity index (χ4v) is 4.15. The topological polar surface area (TPSA) is 38.0 Å². The summed E-state index contributed by atoms with van der Waals surface area (Å²) in [4.78, 5) is 0. The first-order chi connectivity index (χ1) is 12.2. The summed E-state index contributed by atoms with van der Waals surface area (Å²) < 4.78 is 0.